The zero-order valence-corrected chi connectivity index (χ0v) is 11.9. The Kier molecular flexibility index (Phi) is 3.96. The summed E-state index contributed by atoms with van der Waals surface area (Å²) in [4.78, 5) is 18.5. The Morgan fingerprint density at radius 1 is 1.58 bits per heavy atom. The summed E-state index contributed by atoms with van der Waals surface area (Å²) in [5, 5.41) is 13.9. The lowest BCUT2D eigenvalue weighted by Gasteiger charge is -2.22. The highest BCUT2D eigenvalue weighted by molar-refractivity contribution is 7.16. The number of thiazole rings is 1. The molecule has 102 valence electrons. The van der Waals surface area contributed by atoms with E-state index >= 15 is 0 Å². The first-order valence-corrected chi connectivity index (χ1v) is 6.67. The smallest absolute Gasteiger partial charge is 0.265 e. The maximum atomic E-state index is 12.2. The van der Waals surface area contributed by atoms with Crippen molar-refractivity contribution in [2.75, 3.05) is 13.7 Å². The van der Waals surface area contributed by atoms with Crippen LogP contribution in [0.1, 0.15) is 16.6 Å². The van der Waals surface area contributed by atoms with E-state index in [9.17, 15) is 4.79 Å². The molecule has 0 saturated heterocycles. The molecule has 0 saturated carbocycles. The van der Waals surface area contributed by atoms with Crippen LogP contribution in [0.25, 0.3) is 10.6 Å². The zero-order valence-electron chi connectivity index (χ0n) is 11.1. The molecule has 2 heterocycles. The van der Waals surface area contributed by atoms with Crippen LogP contribution in [0.2, 0.25) is 0 Å². The fourth-order valence-electron chi connectivity index (χ4n) is 1.53. The molecule has 2 rings (SSSR count). The van der Waals surface area contributed by atoms with E-state index in [1.807, 2.05) is 13.2 Å². The summed E-state index contributed by atoms with van der Waals surface area (Å²) in [5.74, 6) is -0.130. The highest BCUT2D eigenvalue weighted by Crippen LogP contribution is 2.25. The van der Waals surface area contributed by atoms with Crippen LogP contribution in [-0.2, 0) is 7.05 Å². The molecule has 0 aliphatic carbocycles. The minimum atomic E-state index is -0.212. The van der Waals surface area contributed by atoms with Gasteiger partial charge in [-0.3, -0.25) is 9.48 Å². The molecule has 0 radical (unpaired) electrons. The number of aliphatic hydroxyl groups is 1. The van der Waals surface area contributed by atoms with E-state index in [-0.39, 0.29) is 18.6 Å². The second-order valence-corrected chi connectivity index (χ2v) is 5.41. The Hall–Kier alpha value is -1.73. The van der Waals surface area contributed by atoms with Gasteiger partial charge in [0, 0.05) is 25.9 Å². The molecule has 19 heavy (non-hydrogen) atoms. The summed E-state index contributed by atoms with van der Waals surface area (Å²) in [6.45, 7) is 1.73. The molecule has 7 heteroatoms. The van der Waals surface area contributed by atoms with Crippen molar-refractivity contribution in [2.24, 2.45) is 7.05 Å². The van der Waals surface area contributed by atoms with Crippen molar-refractivity contribution in [3.05, 3.63) is 23.5 Å². The number of aryl methyl sites for hydroxylation is 1. The average Bonchev–Trinajstić information content (AvgIpc) is 3.04. The van der Waals surface area contributed by atoms with E-state index in [0.717, 1.165) is 10.6 Å². The van der Waals surface area contributed by atoms with E-state index in [4.69, 9.17) is 5.11 Å². The summed E-state index contributed by atoms with van der Waals surface area (Å²) in [6, 6.07) is -0.212. The van der Waals surface area contributed by atoms with Crippen LogP contribution in [0.15, 0.2) is 18.6 Å². The maximum Gasteiger partial charge on any atom is 0.265 e. The van der Waals surface area contributed by atoms with Gasteiger partial charge >= 0.3 is 0 Å². The molecule has 2 aromatic heterocycles. The lowest BCUT2D eigenvalue weighted by molar-refractivity contribution is 0.0687. The monoisotopic (exact) mass is 280 g/mol. The van der Waals surface area contributed by atoms with E-state index in [1.165, 1.54) is 16.2 Å². The van der Waals surface area contributed by atoms with Crippen molar-refractivity contribution < 1.29 is 9.90 Å². The topological polar surface area (TPSA) is 71.2 Å². The van der Waals surface area contributed by atoms with Gasteiger partial charge < -0.3 is 10.0 Å². The maximum absolute atomic E-state index is 12.2. The largest absolute Gasteiger partial charge is 0.394 e. The van der Waals surface area contributed by atoms with Crippen LogP contribution in [0.5, 0.6) is 0 Å². The van der Waals surface area contributed by atoms with Gasteiger partial charge in [-0.2, -0.15) is 5.10 Å². The highest BCUT2D eigenvalue weighted by atomic mass is 32.1. The minimum absolute atomic E-state index is 0.0590. The Morgan fingerprint density at radius 3 is 2.89 bits per heavy atom. The van der Waals surface area contributed by atoms with Crippen molar-refractivity contribution in [2.45, 2.75) is 13.0 Å². The van der Waals surface area contributed by atoms with Crippen LogP contribution >= 0.6 is 11.3 Å². The lowest BCUT2D eigenvalue weighted by Crippen LogP contribution is -2.36. The third kappa shape index (κ3) is 2.82. The molecule has 1 unspecified atom stereocenters. The predicted octanol–water partition coefficient (Wildman–Crippen LogP) is 0.996. The van der Waals surface area contributed by atoms with Crippen molar-refractivity contribution in [1.29, 1.82) is 0 Å². The first kappa shape index (κ1) is 13.7. The van der Waals surface area contributed by atoms with Gasteiger partial charge in [0.15, 0.2) is 0 Å². The number of aromatic nitrogens is 3. The zero-order chi connectivity index (χ0) is 14.0. The Balaban J connectivity index is 2.19. The molecule has 1 atom stereocenters. The molecule has 2 aromatic rings. The predicted molar refractivity (Wildman–Crippen MR) is 73.0 cm³/mol. The van der Waals surface area contributed by atoms with E-state index in [0.29, 0.717) is 4.88 Å². The number of likely N-dealkylation sites (N-methyl/N-ethyl adjacent to an activating group) is 1. The van der Waals surface area contributed by atoms with Gasteiger partial charge in [-0.1, -0.05) is 0 Å². The third-order valence-electron chi connectivity index (χ3n) is 2.91. The average molecular weight is 280 g/mol. The first-order valence-electron chi connectivity index (χ1n) is 5.85. The van der Waals surface area contributed by atoms with Crippen LogP contribution in [0.3, 0.4) is 0 Å². The number of nitrogens with zero attached hydrogens (tertiary/aromatic N) is 4. The van der Waals surface area contributed by atoms with Crippen LogP contribution in [-0.4, -0.2) is 50.4 Å². The SMILES string of the molecule is CC(CO)N(C)C(=O)c1cnc(-c2cnn(C)c2)s1. The summed E-state index contributed by atoms with van der Waals surface area (Å²) in [5.41, 5.74) is 0.893. The van der Waals surface area contributed by atoms with Crippen LogP contribution in [0.4, 0.5) is 0 Å². The summed E-state index contributed by atoms with van der Waals surface area (Å²) >= 11 is 1.33. The van der Waals surface area contributed by atoms with Crippen molar-refractivity contribution in [3.8, 4) is 10.6 Å². The highest BCUT2D eigenvalue weighted by Gasteiger charge is 2.19. The van der Waals surface area contributed by atoms with Gasteiger partial charge in [0.25, 0.3) is 5.91 Å². The van der Waals surface area contributed by atoms with Crippen LogP contribution in [0, 0.1) is 0 Å². The van der Waals surface area contributed by atoms with E-state index in [2.05, 4.69) is 10.1 Å². The Bertz CT molecular complexity index is 578. The van der Waals surface area contributed by atoms with Gasteiger partial charge in [0.1, 0.15) is 9.88 Å². The summed E-state index contributed by atoms with van der Waals surface area (Å²) in [7, 11) is 3.51. The number of carbonyl (C=O) groups is 1. The van der Waals surface area contributed by atoms with E-state index in [1.54, 1.807) is 31.0 Å². The second-order valence-electron chi connectivity index (χ2n) is 4.38. The third-order valence-corrected chi connectivity index (χ3v) is 3.95. The van der Waals surface area contributed by atoms with Gasteiger partial charge in [-0.05, 0) is 6.92 Å². The Labute approximate surface area is 115 Å². The number of rotatable bonds is 4. The fourth-order valence-corrected chi connectivity index (χ4v) is 2.41. The first-order chi connectivity index (χ1) is 9.02. The number of amides is 1. The molecular formula is C12H16N4O2S. The molecule has 0 aromatic carbocycles. The normalized spacial score (nSPS) is 12.4. The molecule has 1 amide bonds. The van der Waals surface area contributed by atoms with E-state index < -0.39 is 0 Å². The second kappa shape index (κ2) is 5.50. The number of carbonyl (C=O) groups excluding carboxylic acids is 1. The molecule has 0 aliphatic heterocycles. The van der Waals surface area contributed by atoms with Crippen LogP contribution < -0.4 is 0 Å². The Morgan fingerprint density at radius 2 is 2.32 bits per heavy atom. The number of hydrogen-bond donors (Lipinski definition) is 1. The lowest BCUT2D eigenvalue weighted by atomic mass is 10.3. The standard InChI is InChI=1S/C12H16N4O2S/c1-8(7-17)16(3)12(18)10-5-13-11(19-10)9-4-14-15(2)6-9/h4-6,8,17H,7H2,1-3H3. The van der Waals surface area contributed by atoms with Gasteiger partial charge in [0.2, 0.25) is 0 Å². The quantitative estimate of drug-likeness (QED) is 0.907. The minimum Gasteiger partial charge on any atom is -0.394 e. The molecule has 0 spiro atoms. The molecule has 0 aliphatic rings. The summed E-state index contributed by atoms with van der Waals surface area (Å²) in [6.07, 6.45) is 5.14. The molecule has 0 bridgehead atoms. The molecular weight excluding hydrogens is 264 g/mol. The van der Waals surface area contributed by atoms with Gasteiger partial charge in [-0.15, -0.1) is 11.3 Å². The molecule has 0 fully saturated rings. The van der Waals surface area contributed by atoms with Crippen molar-refractivity contribution in [1.82, 2.24) is 19.7 Å². The fraction of sp³-hybridized carbons (Fsp3) is 0.417. The van der Waals surface area contributed by atoms with Gasteiger partial charge in [-0.25, -0.2) is 4.98 Å². The van der Waals surface area contributed by atoms with Crippen molar-refractivity contribution in [3.63, 3.8) is 0 Å². The number of hydrogen-bond acceptors (Lipinski definition) is 5. The molecule has 1 N–H and O–H groups in total. The van der Waals surface area contributed by atoms with Gasteiger partial charge in [0.05, 0.1) is 25.0 Å². The molecule has 6 nitrogen and oxygen atoms in total. The van der Waals surface area contributed by atoms with Crippen molar-refractivity contribution >= 4 is 17.2 Å². The summed E-state index contributed by atoms with van der Waals surface area (Å²) < 4.78 is 1.69. The number of aliphatic hydroxyl groups excluding tert-OH is 1.